The molecule has 0 aliphatic carbocycles. The molecule has 1 rings (SSSR count). The van der Waals surface area contributed by atoms with E-state index < -0.39 is 29.6 Å². The first-order valence-corrected chi connectivity index (χ1v) is 5.56. The maximum atomic E-state index is 11.7. The van der Waals surface area contributed by atoms with Crippen LogP contribution >= 0.6 is 0 Å². The van der Waals surface area contributed by atoms with Gasteiger partial charge in [-0.2, -0.15) is 0 Å². The SMILES string of the molecule is O=C(NCC(O)CO)c1cccc(C(=O)N[N+](=O)[O-])c1. The molecule has 0 radical (unpaired) electrons. The van der Waals surface area contributed by atoms with Gasteiger partial charge in [0.25, 0.3) is 5.91 Å². The monoisotopic (exact) mass is 283 g/mol. The van der Waals surface area contributed by atoms with Gasteiger partial charge in [-0.3, -0.25) is 9.59 Å². The average Bonchev–Trinajstić information content (AvgIpc) is 2.43. The number of benzene rings is 1. The molecular weight excluding hydrogens is 270 g/mol. The molecule has 1 aromatic carbocycles. The van der Waals surface area contributed by atoms with Crippen molar-refractivity contribution in [1.82, 2.24) is 10.7 Å². The van der Waals surface area contributed by atoms with E-state index in [1.54, 1.807) is 0 Å². The van der Waals surface area contributed by atoms with Gasteiger partial charge in [0.1, 0.15) is 0 Å². The highest BCUT2D eigenvalue weighted by Gasteiger charge is 2.14. The van der Waals surface area contributed by atoms with Crippen LogP contribution < -0.4 is 10.7 Å². The number of nitro groups is 1. The molecule has 0 saturated carbocycles. The fourth-order valence-corrected chi connectivity index (χ4v) is 1.33. The van der Waals surface area contributed by atoms with Crippen molar-refractivity contribution in [1.29, 1.82) is 0 Å². The Balaban J connectivity index is 2.74. The van der Waals surface area contributed by atoms with Gasteiger partial charge in [-0.15, -0.1) is 0 Å². The summed E-state index contributed by atoms with van der Waals surface area (Å²) in [6.45, 7) is -0.647. The fourth-order valence-electron chi connectivity index (χ4n) is 1.33. The lowest BCUT2D eigenvalue weighted by Gasteiger charge is -2.09. The van der Waals surface area contributed by atoms with E-state index in [4.69, 9.17) is 10.2 Å². The Morgan fingerprint density at radius 3 is 2.45 bits per heavy atom. The number of carbonyl (C=O) groups is 2. The third-order valence-electron chi connectivity index (χ3n) is 2.29. The van der Waals surface area contributed by atoms with Crippen LogP contribution in [-0.4, -0.2) is 46.3 Å². The zero-order valence-corrected chi connectivity index (χ0v) is 10.3. The first kappa shape index (κ1) is 15.5. The molecule has 1 unspecified atom stereocenters. The molecule has 2 amide bonds. The Morgan fingerprint density at radius 2 is 1.90 bits per heavy atom. The average molecular weight is 283 g/mol. The Hall–Kier alpha value is -2.52. The quantitative estimate of drug-likeness (QED) is 0.377. The maximum Gasteiger partial charge on any atom is 0.310 e. The van der Waals surface area contributed by atoms with Crippen LogP contribution in [0.1, 0.15) is 20.7 Å². The predicted octanol–water partition coefficient (Wildman–Crippen LogP) is -1.31. The summed E-state index contributed by atoms with van der Waals surface area (Å²) >= 11 is 0. The third-order valence-corrected chi connectivity index (χ3v) is 2.29. The van der Waals surface area contributed by atoms with Crippen LogP contribution in [0.4, 0.5) is 0 Å². The molecule has 0 saturated heterocycles. The lowest BCUT2D eigenvalue weighted by molar-refractivity contribution is -0.527. The molecule has 0 fully saturated rings. The number of nitrogens with zero attached hydrogens (tertiary/aromatic N) is 1. The van der Waals surface area contributed by atoms with Crippen molar-refractivity contribution in [3.63, 3.8) is 0 Å². The van der Waals surface area contributed by atoms with E-state index in [0.29, 0.717) is 0 Å². The third kappa shape index (κ3) is 4.63. The van der Waals surface area contributed by atoms with Crippen molar-refractivity contribution in [2.45, 2.75) is 6.10 Å². The summed E-state index contributed by atoms with van der Waals surface area (Å²) < 4.78 is 0. The summed E-state index contributed by atoms with van der Waals surface area (Å²) in [6.07, 6.45) is -1.08. The van der Waals surface area contributed by atoms with Crippen LogP contribution in [0.15, 0.2) is 24.3 Å². The van der Waals surface area contributed by atoms with Crippen molar-refractivity contribution in [2.75, 3.05) is 13.2 Å². The topological polar surface area (TPSA) is 142 Å². The predicted molar refractivity (Wildman–Crippen MR) is 66.3 cm³/mol. The van der Waals surface area contributed by atoms with Crippen LogP contribution in [0.5, 0.6) is 0 Å². The Bertz CT molecular complexity index is 519. The highest BCUT2D eigenvalue weighted by atomic mass is 16.7. The van der Waals surface area contributed by atoms with E-state index in [0.717, 1.165) is 0 Å². The minimum atomic E-state index is -1.08. The standard InChI is InChI=1S/C11H13N3O6/c15-6-9(16)5-12-10(17)7-2-1-3-8(4-7)11(18)13-14(19)20/h1-4,9,15-16H,5-6H2,(H,12,17)(H,13,18). The van der Waals surface area contributed by atoms with E-state index >= 15 is 0 Å². The summed E-state index contributed by atoms with van der Waals surface area (Å²) in [5.41, 5.74) is 1.52. The number of aliphatic hydroxyl groups is 2. The van der Waals surface area contributed by atoms with E-state index in [1.807, 2.05) is 0 Å². The highest BCUT2D eigenvalue weighted by molar-refractivity contribution is 5.99. The second-order valence-electron chi connectivity index (χ2n) is 3.83. The van der Waals surface area contributed by atoms with Crippen LogP contribution in [0.3, 0.4) is 0 Å². The molecule has 0 aromatic heterocycles. The maximum absolute atomic E-state index is 11.7. The molecule has 4 N–H and O–H groups in total. The molecule has 0 bridgehead atoms. The van der Waals surface area contributed by atoms with Gasteiger partial charge in [-0.25, -0.2) is 10.1 Å². The molecule has 9 nitrogen and oxygen atoms in total. The molecular formula is C11H13N3O6. The minimum absolute atomic E-state index is 0.0444. The first-order chi connectivity index (χ1) is 9.43. The van der Waals surface area contributed by atoms with Crippen LogP contribution in [-0.2, 0) is 0 Å². The zero-order chi connectivity index (χ0) is 15.1. The van der Waals surface area contributed by atoms with Crippen molar-refractivity contribution in [3.8, 4) is 0 Å². The molecule has 9 heteroatoms. The van der Waals surface area contributed by atoms with Gasteiger partial charge in [-0.05, 0) is 18.2 Å². The first-order valence-electron chi connectivity index (χ1n) is 5.56. The van der Waals surface area contributed by atoms with E-state index in [1.165, 1.54) is 29.7 Å². The summed E-state index contributed by atoms with van der Waals surface area (Å²) in [5.74, 6) is -1.52. The molecule has 1 aromatic rings. The van der Waals surface area contributed by atoms with Gasteiger partial charge in [-0.1, -0.05) is 11.5 Å². The summed E-state index contributed by atoms with van der Waals surface area (Å²) in [6, 6.07) is 5.30. The van der Waals surface area contributed by atoms with Crippen molar-refractivity contribution < 1.29 is 24.8 Å². The van der Waals surface area contributed by atoms with Crippen molar-refractivity contribution in [2.24, 2.45) is 0 Å². The second-order valence-corrected chi connectivity index (χ2v) is 3.83. The van der Waals surface area contributed by atoms with Gasteiger partial charge in [0.15, 0.2) is 5.03 Å². The van der Waals surface area contributed by atoms with E-state index in [2.05, 4.69) is 5.32 Å². The number of rotatable bonds is 6. The number of hydrogen-bond acceptors (Lipinski definition) is 6. The van der Waals surface area contributed by atoms with Crippen molar-refractivity contribution >= 4 is 11.8 Å². The molecule has 0 aliphatic rings. The van der Waals surface area contributed by atoms with Gasteiger partial charge < -0.3 is 15.5 Å². The molecule has 20 heavy (non-hydrogen) atoms. The normalized spacial score (nSPS) is 11.5. The molecule has 108 valence electrons. The highest BCUT2D eigenvalue weighted by Crippen LogP contribution is 2.05. The smallest absolute Gasteiger partial charge is 0.310 e. The van der Waals surface area contributed by atoms with E-state index in [-0.39, 0.29) is 17.7 Å². The van der Waals surface area contributed by atoms with Crippen molar-refractivity contribution in [3.05, 3.63) is 45.5 Å². The van der Waals surface area contributed by atoms with Gasteiger partial charge >= 0.3 is 5.91 Å². The number of nitrogens with one attached hydrogen (secondary N) is 2. The van der Waals surface area contributed by atoms with Gasteiger partial charge in [0, 0.05) is 17.7 Å². The minimum Gasteiger partial charge on any atom is -0.394 e. The lowest BCUT2D eigenvalue weighted by Crippen LogP contribution is -2.34. The summed E-state index contributed by atoms with van der Waals surface area (Å²) in [7, 11) is 0. The van der Waals surface area contributed by atoms with Crippen LogP contribution in [0, 0.1) is 10.1 Å². The summed E-state index contributed by atoms with van der Waals surface area (Å²) in [5, 5.41) is 29.2. The molecule has 1 atom stereocenters. The van der Waals surface area contributed by atoms with Gasteiger partial charge in [0.2, 0.25) is 0 Å². The number of hydrazine groups is 1. The summed E-state index contributed by atoms with van der Waals surface area (Å²) in [4.78, 5) is 33.2. The Labute approximate surface area is 113 Å². The Kier molecular flexibility index (Phi) is 5.56. The number of hydrogen-bond donors (Lipinski definition) is 4. The number of aliphatic hydroxyl groups excluding tert-OH is 2. The fraction of sp³-hybridized carbons (Fsp3) is 0.273. The molecule has 0 heterocycles. The second kappa shape index (κ2) is 7.16. The largest absolute Gasteiger partial charge is 0.394 e. The molecule has 0 spiro atoms. The van der Waals surface area contributed by atoms with Crippen LogP contribution in [0.25, 0.3) is 0 Å². The van der Waals surface area contributed by atoms with E-state index in [9.17, 15) is 19.7 Å². The van der Waals surface area contributed by atoms with Gasteiger partial charge in [0.05, 0.1) is 12.7 Å². The number of carbonyl (C=O) groups excluding carboxylic acids is 2. The number of amides is 2. The molecule has 0 aliphatic heterocycles. The zero-order valence-electron chi connectivity index (χ0n) is 10.3. The van der Waals surface area contributed by atoms with Crippen LogP contribution in [0.2, 0.25) is 0 Å². The lowest BCUT2D eigenvalue weighted by atomic mass is 10.1. The Morgan fingerprint density at radius 1 is 1.30 bits per heavy atom.